The Morgan fingerprint density at radius 3 is 2.63 bits per heavy atom. The van der Waals surface area contributed by atoms with Gasteiger partial charge in [0.05, 0.1) is 15.6 Å². The van der Waals surface area contributed by atoms with E-state index >= 15 is 0 Å². The van der Waals surface area contributed by atoms with Gasteiger partial charge in [-0.2, -0.15) is 0 Å². The summed E-state index contributed by atoms with van der Waals surface area (Å²) in [6, 6.07) is 4.25. The Bertz CT molecular complexity index is 611. The number of carbonyl (C=O) groups is 1. The molecule has 0 heterocycles. The van der Waals surface area contributed by atoms with Gasteiger partial charge in [0, 0.05) is 13.1 Å². The second-order valence-corrected chi connectivity index (χ2v) is 7.07. The van der Waals surface area contributed by atoms with E-state index in [0.29, 0.717) is 5.69 Å². The van der Waals surface area contributed by atoms with Crippen molar-refractivity contribution < 1.29 is 13.2 Å². The SMILES string of the molecule is CN(C(=O)CS(=O)(=O)c1ccc(N)c(Cl)c1)C1CC1. The number of hydrogen-bond donors (Lipinski definition) is 1. The van der Waals surface area contributed by atoms with Crippen LogP contribution < -0.4 is 5.73 Å². The second-order valence-electron chi connectivity index (χ2n) is 4.68. The van der Waals surface area contributed by atoms with Gasteiger partial charge in [-0.1, -0.05) is 11.6 Å². The topological polar surface area (TPSA) is 80.5 Å². The van der Waals surface area contributed by atoms with E-state index in [4.69, 9.17) is 17.3 Å². The number of halogens is 1. The van der Waals surface area contributed by atoms with Crippen LogP contribution in [0.5, 0.6) is 0 Å². The first-order chi connectivity index (χ1) is 8.81. The number of carbonyl (C=O) groups excluding carboxylic acids is 1. The van der Waals surface area contributed by atoms with Crippen LogP contribution in [0.25, 0.3) is 0 Å². The monoisotopic (exact) mass is 302 g/mol. The van der Waals surface area contributed by atoms with Crippen LogP contribution in [-0.2, 0) is 14.6 Å². The lowest BCUT2D eigenvalue weighted by Gasteiger charge is -2.16. The molecule has 0 bridgehead atoms. The lowest BCUT2D eigenvalue weighted by Crippen LogP contribution is -2.34. The van der Waals surface area contributed by atoms with Crippen molar-refractivity contribution in [3.63, 3.8) is 0 Å². The Labute approximate surface area is 117 Å². The van der Waals surface area contributed by atoms with E-state index in [1.807, 2.05) is 0 Å². The maximum atomic E-state index is 12.1. The van der Waals surface area contributed by atoms with Crippen molar-refractivity contribution in [3.05, 3.63) is 23.2 Å². The van der Waals surface area contributed by atoms with Gasteiger partial charge in [0.15, 0.2) is 9.84 Å². The number of hydrogen-bond acceptors (Lipinski definition) is 4. The van der Waals surface area contributed by atoms with Gasteiger partial charge >= 0.3 is 0 Å². The number of anilines is 1. The summed E-state index contributed by atoms with van der Waals surface area (Å²) >= 11 is 5.79. The molecule has 0 aromatic heterocycles. The molecule has 0 atom stereocenters. The van der Waals surface area contributed by atoms with Crippen LogP contribution in [0.15, 0.2) is 23.1 Å². The standard InChI is InChI=1S/C12H15ClN2O3S/c1-15(8-2-3-8)12(16)7-19(17,18)9-4-5-11(14)10(13)6-9/h4-6,8H,2-3,7,14H2,1H3. The predicted octanol–water partition coefficient (Wildman–Crippen LogP) is 1.32. The van der Waals surface area contributed by atoms with Crippen LogP contribution in [0.4, 0.5) is 5.69 Å². The molecular weight excluding hydrogens is 288 g/mol. The van der Waals surface area contributed by atoms with Crippen LogP contribution in [0.2, 0.25) is 5.02 Å². The molecule has 1 amide bonds. The number of benzene rings is 1. The fourth-order valence-corrected chi connectivity index (χ4v) is 3.23. The fraction of sp³-hybridized carbons (Fsp3) is 0.417. The summed E-state index contributed by atoms with van der Waals surface area (Å²) in [6.45, 7) is 0. The minimum atomic E-state index is -3.68. The first-order valence-corrected chi connectivity index (χ1v) is 7.88. The highest BCUT2D eigenvalue weighted by atomic mass is 35.5. The zero-order valence-electron chi connectivity index (χ0n) is 10.5. The summed E-state index contributed by atoms with van der Waals surface area (Å²) in [7, 11) is -2.05. The Balaban J connectivity index is 2.17. The summed E-state index contributed by atoms with van der Waals surface area (Å²) < 4.78 is 24.2. The molecule has 1 aromatic rings. The maximum Gasteiger partial charge on any atom is 0.238 e. The summed E-state index contributed by atoms with van der Waals surface area (Å²) in [5.41, 5.74) is 5.83. The summed E-state index contributed by atoms with van der Waals surface area (Å²) in [5, 5.41) is 0.170. The molecule has 1 fully saturated rings. The third-order valence-electron chi connectivity index (χ3n) is 3.13. The normalized spacial score (nSPS) is 15.3. The summed E-state index contributed by atoms with van der Waals surface area (Å²) in [5.74, 6) is -0.935. The number of amides is 1. The lowest BCUT2D eigenvalue weighted by molar-refractivity contribution is -0.127. The predicted molar refractivity (Wildman–Crippen MR) is 73.7 cm³/mol. The van der Waals surface area contributed by atoms with Gasteiger partial charge in [0.2, 0.25) is 5.91 Å². The average molecular weight is 303 g/mol. The molecule has 2 N–H and O–H groups in total. The molecule has 0 spiro atoms. The molecule has 0 aliphatic heterocycles. The maximum absolute atomic E-state index is 12.1. The van der Waals surface area contributed by atoms with Crippen molar-refractivity contribution in [3.8, 4) is 0 Å². The molecule has 19 heavy (non-hydrogen) atoms. The third-order valence-corrected chi connectivity index (χ3v) is 5.06. The minimum Gasteiger partial charge on any atom is -0.398 e. The van der Waals surface area contributed by atoms with Crippen LogP contribution in [0.1, 0.15) is 12.8 Å². The molecule has 0 saturated heterocycles. The van der Waals surface area contributed by atoms with Gasteiger partial charge in [0.25, 0.3) is 0 Å². The van der Waals surface area contributed by atoms with Crippen molar-refractivity contribution in [1.29, 1.82) is 0 Å². The van der Waals surface area contributed by atoms with E-state index in [-0.39, 0.29) is 16.0 Å². The number of sulfone groups is 1. The molecular formula is C12H15ClN2O3S. The number of nitrogens with zero attached hydrogens (tertiary/aromatic N) is 1. The van der Waals surface area contributed by atoms with E-state index < -0.39 is 21.5 Å². The quantitative estimate of drug-likeness (QED) is 0.851. The molecule has 0 radical (unpaired) electrons. The van der Waals surface area contributed by atoms with Crippen LogP contribution >= 0.6 is 11.6 Å². The summed E-state index contributed by atoms with van der Waals surface area (Å²) in [4.78, 5) is 13.4. The highest BCUT2D eigenvalue weighted by Gasteiger charge is 2.32. The van der Waals surface area contributed by atoms with Gasteiger partial charge in [0.1, 0.15) is 5.75 Å². The smallest absolute Gasteiger partial charge is 0.238 e. The van der Waals surface area contributed by atoms with Gasteiger partial charge in [-0.05, 0) is 31.0 Å². The van der Waals surface area contributed by atoms with Crippen molar-refractivity contribution in [2.45, 2.75) is 23.8 Å². The van der Waals surface area contributed by atoms with Gasteiger partial charge < -0.3 is 10.6 Å². The average Bonchev–Trinajstić information content (AvgIpc) is 3.15. The zero-order chi connectivity index (χ0) is 14.2. The van der Waals surface area contributed by atoms with Gasteiger partial charge in [-0.3, -0.25) is 4.79 Å². The lowest BCUT2D eigenvalue weighted by atomic mass is 10.3. The molecule has 2 rings (SSSR count). The summed E-state index contributed by atoms with van der Waals surface area (Å²) in [6.07, 6.45) is 1.88. The molecule has 104 valence electrons. The highest BCUT2D eigenvalue weighted by Crippen LogP contribution is 2.27. The molecule has 7 heteroatoms. The van der Waals surface area contributed by atoms with Crippen LogP contribution in [0.3, 0.4) is 0 Å². The number of nitrogens with two attached hydrogens (primary N) is 1. The van der Waals surface area contributed by atoms with Crippen LogP contribution in [-0.4, -0.2) is 38.1 Å². The fourth-order valence-electron chi connectivity index (χ4n) is 1.71. The van der Waals surface area contributed by atoms with Crippen molar-refractivity contribution in [1.82, 2.24) is 4.90 Å². The van der Waals surface area contributed by atoms with Crippen molar-refractivity contribution >= 4 is 33.0 Å². The number of rotatable bonds is 4. The Kier molecular flexibility index (Phi) is 3.73. The number of nitrogen functional groups attached to an aromatic ring is 1. The first kappa shape index (κ1) is 14.1. The van der Waals surface area contributed by atoms with E-state index in [0.717, 1.165) is 12.8 Å². The highest BCUT2D eigenvalue weighted by molar-refractivity contribution is 7.92. The minimum absolute atomic E-state index is 0.0178. The molecule has 0 unspecified atom stereocenters. The van der Waals surface area contributed by atoms with E-state index in [2.05, 4.69) is 0 Å². The van der Waals surface area contributed by atoms with E-state index in [1.165, 1.54) is 23.1 Å². The third kappa shape index (κ3) is 3.19. The molecule has 5 nitrogen and oxygen atoms in total. The van der Waals surface area contributed by atoms with Gasteiger partial charge in [-0.15, -0.1) is 0 Å². The van der Waals surface area contributed by atoms with E-state index in [9.17, 15) is 13.2 Å². The largest absolute Gasteiger partial charge is 0.398 e. The van der Waals surface area contributed by atoms with Crippen molar-refractivity contribution in [2.24, 2.45) is 0 Å². The Morgan fingerprint density at radius 2 is 2.11 bits per heavy atom. The van der Waals surface area contributed by atoms with Crippen LogP contribution in [0, 0.1) is 0 Å². The Morgan fingerprint density at radius 1 is 1.47 bits per heavy atom. The first-order valence-electron chi connectivity index (χ1n) is 5.85. The molecule has 1 aliphatic rings. The second kappa shape index (κ2) is 5.02. The Hall–Kier alpha value is -1.27. The molecule has 1 aliphatic carbocycles. The molecule has 1 saturated carbocycles. The van der Waals surface area contributed by atoms with E-state index in [1.54, 1.807) is 7.05 Å². The van der Waals surface area contributed by atoms with Crippen molar-refractivity contribution in [2.75, 3.05) is 18.5 Å². The van der Waals surface area contributed by atoms with Gasteiger partial charge in [-0.25, -0.2) is 8.42 Å². The molecule has 1 aromatic carbocycles. The zero-order valence-corrected chi connectivity index (χ0v) is 12.0.